The maximum Gasteiger partial charge on any atom is 0.134 e. The monoisotopic (exact) mass is 232 g/mol. The van der Waals surface area contributed by atoms with Gasteiger partial charge in [0.1, 0.15) is 5.69 Å². The van der Waals surface area contributed by atoms with Gasteiger partial charge in [0.15, 0.2) is 0 Å². The highest BCUT2D eigenvalue weighted by atomic mass is 35.5. The van der Waals surface area contributed by atoms with E-state index in [1.807, 2.05) is 18.2 Å². The number of rotatable bonds is 2. The van der Waals surface area contributed by atoms with Gasteiger partial charge < -0.3 is 5.73 Å². The van der Waals surface area contributed by atoms with Gasteiger partial charge in [0.05, 0.1) is 5.02 Å². The molecule has 0 amide bonds. The Morgan fingerprint density at radius 1 is 1.00 bits per heavy atom. The van der Waals surface area contributed by atoms with Gasteiger partial charge in [-0.25, -0.2) is 0 Å². The molecule has 0 heterocycles. The fourth-order valence-corrected chi connectivity index (χ4v) is 1.78. The normalized spacial score (nSPS) is 10.1. The molecule has 0 saturated carbocycles. The van der Waals surface area contributed by atoms with Crippen molar-refractivity contribution in [2.45, 2.75) is 0 Å². The summed E-state index contributed by atoms with van der Waals surface area (Å²) < 4.78 is 0. The van der Waals surface area contributed by atoms with Crippen LogP contribution in [0.2, 0.25) is 5.02 Å². The van der Waals surface area contributed by atoms with E-state index in [0.29, 0.717) is 16.3 Å². The van der Waals surface area contributed by atoms with Crippen molar-refractivity contribution in [3.63, 3.8) is 0 Å². The van der Waals surface area contributed by atoms with Crippen LogP contribution in [0.5, 0.6) is 0 Å². The molecule has 2 aromatic carbocycles. The van der Waals surface area contributed by atoms with E-state index < -0.39 is 0 Å². The molecule has 0 unspecified atom stereocenters. The molecule has 80 valence electrons. The van der Waals surface area contributed by atoms with Crippen LogP contribution >= 0.6 is 11.6 Å². The van der Waals surface area contributed by atoms with E-state index in [0.717, 1.165) is 5.56 Å². The summed E-state index contributed by atoms with van der Waals surface area (Å²) in [6, 6.07) is 12.4. The van der Waals surface area contributed by atoms with Crippen LogP contribution in [0.25, 0.3) is 11.1 Å². The highest BCUT2D eigenvalue weighted by molar-refractivity contribution is 6.33. The minimum Gasteiger partial charge on any atom is -0.398 e. The molecule has 3 nitrogen and oxygen atoms in total. The van der Waals surface area contributed by atoms with E-state index in [2.05, 4.69) is 5.18 Å². The molecular formula is C12H9ClN2O. The van der Waals surface area contributed by atoms with Crippen molar-refractivity contribution >= 4 is 23.0 Å². The van der Waals surface area contributed by atoms with Gasteiger partial charge in [0, 0.05) is 16.8 Å². The molecule has 2 N–H and O–H groups in total. The van der Waals surface area contributed by atoms with Gasteiger partial charge in [-0.1, -0.05) is 41.9 Å². The smallest absolute Gasteiger partial charge is 0.134 e. The molecule has 0 radical (unpaired) electrons. The summed E-state index contributed by atoms with van der Waals surface area (Å²) in [6.45, 7) is 0. The minimum atomic E-state index is 0.224. The van der Waals surface area contributed by atoms with E-state index in [1.54, 1.807) is 24.3 Å². The van der Waals surface area contributed by atoms with E-state index in [1.165, 1.54) is 0 Å². The Bertz CT molecular complexity index is 540. The Hall–Kier alpha value is -1.87. The molecule has 0 atom stereocenters. The summed E-state index contributed by atoms with van der Waals surface area (Å²) in [7, 11) is 0. The summed E-state index contributed by atoms with van der Waals surface area (Å²) in [5, 5.41) is 3.28. The Morgan fingerprint density at radius 3 is 2.38 bits per heavy atom. The lowest BCUT2D eigenvalue weighted by atomic mass is 10.0. The first-order valence-electron chi connectivity index (χ1n) is 4.71. The third-order valence-electron chi connectivity index (χ3n) is 2.33. The van der Waals surface area contributed by atoms with Gasteiger partial charge in [-0.05, 0) is 17.3 Å². The van der Waals surface area contributed by atoms with Crippen molar-refractivity contribution in [3.05, 3.63) is 52.4 Å². The van der Waals surface area contributed by atoms with Crippen molar-refractivity contribution in [1.29, 1.82) is 0 Å². The van der Waals surface area contributed by atoms with Crippen molar-refractivity contribution in [2.24, 2.45) is 5.18 Å². The predicted molar refractivity (Wildman–Crippen MR) is 66.8 cm³/mol. The molecule has 0 aromatic heterocycles. The van der Waals surface area contributed by atoms with E-state index in [9.17, 15) is 4.91 Å². The second-order valence-corrected chi connectivity index (χ2v) is 3.72. The second-order valence-electron chi connectivity index (χ2n) is 3.31. The van der Waals surface area contributed by atoms with Gasteiger partial charge >= 0.3 is 0 Å². The third kappa shape index (κ3) is 1.77. The molecule has 0 aliphatic heterocycles. The number of para-hydroxylation sites is 1. The Labute approximate surface area is 97.8 Å². The molecule has 0 aliphatic carbocycles. The lowest BCUT2D eigenvalue weighted by Crippen LogP contribution is -1.89. The van der Waals surface area contributed by atoms with Gasteiger partial charge in [0.25, 0.3) is 0 Å². The minimum absolute atomic E-state index is 0.224. The molecule has 0 aliphatic rings. The average Bonchev–Trinajstić information content (AvgIpc) is 2.29. The van der Waals surface area contributed by atoms with Crippen LogP contribution in [0.3, 0.4) is 0 Å². The van der Waals surface area contributed by atoms with Crippen LogP contribution in [-0.4, -0.2) is 0 Å². The van der Waals surface area contributed by atoms with E-state index >= 15 is 0 Å². The van der Waals surface area contributed by atoms with Crippen LogP contribution < -0.4 is 5.73 Å². The zero-order chi connectivity index (χ0) is 11.5. The highest BCUT2D eigenvalue weighted by Gasteiger charge is 2.11. The van der Waals surface area contributed by atoms with Crippen LogP contribution in [0.4, 0.5) is 11.4 Å². The molecule has 0 spiro atoms. The van der Waals surface area contributed by atoms with Crippen LogP contribution in [-0.2, 0) is 0 Å². The third-order valence-corrected chi connectivity index (χ3v) is 2.63. The number of halogens is 1. The molecule has 2 aromatic rings. The Balaban J connectivity index is 2.69. The van der Waals surface area contributed by atoms with E-state index in [-0.39, 0.29) is 5.69 Å². The fourth-order valence-electron chi connectivity index (χ4n) is 1.57. The number of benzene rings is 2. The molecule has 0 saturated heterocycles. The highest BCUT2D eigenvalue weighted by Crippen LogP contribution is 2.38. The molecular weight excluding hydrogens is 224 g/mol. The zero-order valence-electron chi connectivity index (χ0n) is 8.35. The van der Waals surface area contributed by atoms with Gasteiger partial charge in [-0.15, -0.1) is 4.91 Å². The van der Waals surface area contributed by atoms with Crippen molar-refractivity contribution in [2.75, 3.05) is 5.73 Å². The number of nitrogen functional groups attached to an aromatic ring is 1. The molecule has 0 bridgehead atoms. The molecule has 2 rings (SSSR count). The predicted octanol–water partition coefficient (Wildman–Crippen LogP) is 3.99. The zero-order valence-corrected chi connectivity index (χ0v) is 9.11. The van der Waals surface area contributed by atoms with Crippen LogP contribution in [0.15, 0.2) is 47.6 Å². The van der Waals surface area contributed by atoms with Crippen molar-refractivity contribution in [3.8, 4) is 11.1 Å². The number of hydrogen-bond donors (Lipinski definition) is 1. The average molecular weight is 233 g/mol. The SMILES string of the molecule is Nc1ccccc1-c1cccc(Cl)c1N=O. The lowest BCUT2D eigenvalue weighted by Gasteiger charge is -2.07. The first kappa shape index (κ1) is 10.6. The standard InChI is InChI=1S/C12H9ClN2O/c13-10-6-3-5-9(12(10)15-16)8-4-1-2-7-11(8)14/h1-7H,14H2. The van der Waals surface area contributed by atoms with Crippen molar-refractivity contribution in [1.82, 2.24) is 0 Å². The first-order chi connectivity index (χ1) is 7.74. The van der Waals surface area contributed by atoms with Crippen LogP contribution in [0, 0.1) is 4.91 Å². The summed E-state index contributed by atoms with van der Waals surface area (Å²) in [6.07, 6.45) is 0. The van der Waals surface area contributed by atoms with E-state index in [4.69, 9.17) is 17.3 Å². The number of anilines is 1. The number of nitrogens with zero attached hydrogens (tertiary/aromatic N) is 1. The molecule has 0 fully saturated rings. The maximum atomic E-state index is 10.8. The first-order valence-corrected chi connectivity index (χ1v) is 5.08. The largest absolute Gasteiger partial charge is 0.398 e. The van der Waals surface area contributed by atoms with Gasteiger partial charge in [-0.2, -0.15) is 0 Å². The van der Waals surface area contributed by atoms with Gasteiger partial charge in [0.2, 0.25) is 0 Å². The van der Waals surface area contributed by atoms with Crippen LogP contribution in [0.1, 0.15) is 0 Å². The van der Waals surface area contributed by atoms with Crippen molar-refractivity contribution < 1.29 is 0 Å². The van der Waals surface area contributed by atoms with Gasteiger partial charge in [-0.3, -0.25) is 0 Å². The number of nitrogens with two attached hydrogens (primary N) is 1. The summed E-state index contributed by atoms with van der Waals surface area (Å²) in [5.74, 6) is 0. The Kier molecular flexibility index (Phi) is 2.88. The lowest BCUT2D eigenvalue weighted by molar-refractivity contribution is 1.48. The number of hydrogen-bond acceptors (Lipinski definition) is 3. The second kappa shape index (κ2) is 4.33. The topological polar surface area (TPSA) is 55.4 Å². The molecule has 4 heteroatoms. The summed E-state index contributed by atoms with van der Waals surface area (Å²) in [4.78, 5) is 10.8. The quantitative estimate of drug-likeness (QED) is 0.629. The number of nitroso groups, excluding NO2 is 1. The fraction of sp³-hybridized carbons (Fsp3) is 0. The Morgan fingerprint density at radius 2 is 1.69 bits per heavy atom. The molecule has 16 heavy (non-hydrogen) atoms. The maximum absolute atomic E-state index is 10.8. The summed E-state index contributed by atoms with van der Waals surface area (Å²) >= 11 is 5.90. The summed E-state index contributed by atoms with van der Waals surface area (Å²) in [5.41, 5.74) is 8.07.